The van der Waals surface area contributed by atoms with Crippen LogP contribution in [0.5, 0.6) is 0 Å². The molecule has 22 heavy (non-hydrogen) atoms. The summed E-state index contributed by atoms with van der Waals surface area (Å²) in [7, 11) is 2.10. The van der Waals surface area contributed by atoms with Crippen molar-refractivity contribution >= 4 is 11.6 Å². The van der Waals surface area contributed by atoms with Crippen LogP contribution in [0.4, 0.5) is 5.69 Å². The highest BCUT2D eigenvalue weighted by molar-refractivity contribution is 6.03. The van der Waals surface area contributed by atoms with Crippen molar-refractivity contribution in [2.45, 2.75) is 32.7 Å². The SMILES string of the molecule is Cc1cc(C)cc(NC(=O)c2cc(C3CCCN3C)[nH]n2)c1. The molecule has 0 radical (unpaired) electrons. The van der Waals surface area contributed by atoms with E-state index in [1.54, 1.807) is 0 Å². The van der Waals surface area contributed by atoms with Gasteiger partial charge in [0.2, 0.25) is 0 Å². The first kappa shape index (κ1) is 14.8. The smallest absolute Gasteiger partial charge is 0.276 e. The van der Waals surface area contributed by atoms with Crippen molar-refractivity contribution in [2.24, 2.45) is 0 Å². The minimum atomic E-state index is -0.173. The normalized spacial score (nSPS) is 18.6. The highest BCUT2D eigenvalue weighted by atomic mass is 16.1. The zero-order valence-electron chi connectivity index (χ0n) is 13.3. The molecule has 1 unspecified atom stereocenters. The lowest BCUT2D eigenvalue weighted by atomic mass is 10.1. The third-order valence-corrected chi connectivity index (χ3v) is 4.19. The minimum Gasteiger partial charge on any atom is -0.321 e. The van der Waals surface area contributed by atoms with Crippen molar-refractivity contribution in [1.29, 1.82) is 0 Å². The highest BCUT2D eigenvalue weighted by Crippen LogP contribution is 2.29. The molecule has 5 nitrogen and oxygen atoms in total. The molecule has 0 saturated carbocycles. The van der Waals surface area contributed by atoms with E-state index >= 15 is 0 Å². The van der Waals surface area contributed by atoms with Crippen molar-refractivity contribution in [3.05, 3.63) is 46.8 Å². The molecule has 3 rings (SSSR count). The van der Waals surface area contributed by atoms with Crippen LogP contribution < -0.4 is 5.32 Å². The van der Waals surface area contributed by atoms with Crippen LogP contribution in [0.3, 0.4) is 0 Å². The summed E-state index contributed by atoms with van der Waals surface area (Å²) in [5.74, 6) is -0.173. The number of aryl methyl sites for hydroxylation is 2. The average Bonchev–Trinajstić information content (AvgIpc) is 3.05. The Morgan fingerprint density at radius 3 is 2.64 bits per heavy atom. The second kappa shape index (κ2) is 5.93. The second-order valence-electron chi connectivity index (χ2n) is 6.18. The van der Waals surface area contributed by atoms with Crippen LogP contribution in [0.15, 0.2) is 24.3 Å². The molecule has 1 amide bonds. The van der Waals surface area contributed by atoms with E-state index in [9.17, 15) is 4.79 Å². The predicted octanol–water partition coefficient (Wildman–Crippen LogP) is 3.05. The topological polar surface area (TPSA) is 61.0 Å². The Balaban J connectivity index is 1.74. The van der Waals surface area contributed by atoms with Gasteiger partial charge < -0.3 is 5.32 Å². The zero-order chi connectivity index (χ0) is 15.7. The standard InChI is InChI=1S/C17H22N4O/c1-11-7-12(2)9-13(8-11)18-17(22)15-10-14(19-20-15)16-5-4-6-21(16)3/h7-10,16H,4-6H2,1-3H3,(H,18,22)(H,19,20). The molecule has 0 bridgehead atoms. The number of nitrogens with zero attached hydrogens (tertiary/aromatic N) is 2. The molecule has 1 aromatic heterocycles. The number of anilines is 1. The quantitative estimate of drug-likeness (QED) is 0.915. The molecule has 1 aliphatic rings. The molecule has 0 spiro atoms. The second-order valence-corrected chi connectivity index (χ2v) is 6.18. The maximum atomic E-state index is 12.3. The number of amides is 1. The summed E-state index contributed by atoms with van der Waals surface area (Å²) in [5.41, 5.74) is 4.53. The van der Waals surface area contributed by atoms with Crippen molar-refractivity contribution < 1.29 is 4.79 Å². The van der Waals surface area contributed by atoms with Gasteiger partial charge in [-0.3, -0.25) is 14.8 Å². The summed E-state index contributed by atoms with van der Waals surface area (Å²) in [6, 6.07) is 8.21. The van der Waals surface area contributed by atoms with Gasteiger partial charge in [0.05, 0.1) is 11.7 Å². The Bertz CT molecular complexity index is 671. The summed E-state index contributed by atoms with van der Waals surface area (Å²) in [5, 5.41) is 10.1. The Labute approximate surface area is 130 Å². The number of carbonyl (C=O) groups excluding carboxylic acids is 1. The monoisotopic (exact) mass is 298 g/mol. The molecule has 2 heterocycles. The number of hydrogen-bond acceptors (Lipinski definition) is 3. The zero-order valence-corrected chi connectivity index (χ0v) is 13.3. The highest BCUT2D eigenvalue weighted by Gasteiger charge is 2.25. The Hall–Kier alpha value is -2.14. The lowest BCUT2D eigenvalue weighted by molar-refractivity contribution is 0.102. The van der Waals surface area contributed by atoms with Gasteiger partial charge in [0, 0.05) is 5.69 Å². The van der Waals surface area contributed by atoms with E-state index in [0.29, 0.717) is 11.7 Å². The Morgan fingerprint density at radius 1 is 1.27 bits per heavy atom. The maximum Gasteiger partial charge on any atom is 0.276 e. The maximum absolute atomic E-state index is 12.3. The van der Waals surface area contributed by atoms with Gasteiger partial charge in [-0.1, -0.05) is 6.07 Å². The van der Waals surface area contributed by atoms with Gasteiger partial charge in [-0.2, -0.15) is 5.10 Å². The van der Waals surface area contributed by atoms with E-state index in [-0.39, 0.29) is 5.91 Å². The van der Waals surface area contributed by atoms with Gasteiger partial charge >= 0.3 is 0 Å². The molecule has 2 N–H and O–H groups in total. The summed E-state index contributed by atoms with van der Waals surface area (Å²) >= 11 is 0. The number of rotatable bonds is 3. The molecule has 116 valence electrons. The molecule has 2 aromatic rings. The molecule has 1 atom stereocenters. The molecule has 1 aliphatic heterocycles. The third-order valence-electron chi connectivity index (χ3n) is 4.19. The van der Waals surface area contributed by atoms with E-state index in [2.05, 4.69) is 33.5 Å². The molecule has 0 aliphatic carbocycles. The first-order valence-electron chi connectivity index (χ1n) is 7.68. The van der Waals surface area contributed by atoms with Crippen LogP contribution in [0, 0.1) is 13.8 Å². The fraction of sp³-hybridized carbons (Fsp3) is 0.412. The lowest BCUT2D eigenvalue weighted by Crippen LogP contribution is -2.17. The Kier molecular flexibility index (Phi) is 3.98. The van der Waals surface area contributed by atoms with Gasteiger partial charge in [0.25, 0.3) is 5.91 Å². The first-order valence-corrected chi connectivity index (χ1v) is 7.68. The molecule has 1 saturated heterocycles. The number of nitrogens with one attached hydrogen (secondary N) is 2. The number of H-pyrrole nitrogens is 1. The minimum absolute atomic E-state index is 0.173. The van der Waals surface area contributed by atoms with E-state index in [1.807, 2.05) is 32.0 Å². The number of carbonyl (C=O) groups is 1. The molecule has 1 fully saturated rings. The number of benzene rings is 1. The third kappa shape index (κ3) is 3.04. The van der Waals surface area contributed by atoms with Crippen molar-refractivity contribution in [1.82, 2.24) is 15.1 Å². The number of hydrogen-bond donors (Lipinski definition) is 2. The summed E-state index contributed by atoms with van der Waals surface area (Å²) < 4.78 is 0. The van der Waals surface area contributed by atoms with E-state index in [0.717, 1.165) is 35.5 Å². The van der Waals surface area contributed by atoms with Crippen molar-refractivity contribution in [2.75, 3.05) is 18.9 Å². The van der Waals surface area contributed by atoms with Crippen LogP contribution in [0.1, 0.15) is 46.2 Å². The average molecular weight is 298 g/mol. The van der Waals surface area contributed by atoms with Gasteiger partial charge in [-0.25, -0.2) is 0 Å². The summed E-state index contributed by atoms with van der Waals surface area (Å²) in [6.45, 7) is 5.13. The fourth-order valence-corrected chi connectivity index (χ4v) is 3.17. The van der Waals surface area contributed by atoms with Crippen LogP contribution in [-0.2, 0) is 0 Å². The van der Waals surface area contributed by atoms with Crippen molar-refractivity contribution in [3.63, 3.8) is 0 Å². The Morgan fingerprint density at radius 2 is 2.00 bits per heavy atom. The van der Waals surface area contributed by atoms with E-state index in [1.165, 1.54) is 6.42 Å². The van der Waals surface area contributed by atoms with Crippen LogP contribution >= 0.6 is 0 Å². The summed E-state index contributed by atoms with van der Waals surface area (Å²) in [4.78, 5) is 14.6. The lowest BCUT2D eigenvalue weighted by Gasteiger charge is -2.16. The number of aromatic nitrogens is 2. The predicted molar refractivity (Wildman–Crippen MR) is 87.1 cm³/mol. The number of likely N-dealkylation sites (tertiary alicyclic amines) is 1. The van der Waals surface area contributed by atoms with E-state index in [4.69, 9.17) is 0 Å². The van der Waals surface area contributed by atoms with Crippen LogP contribution in [-0.4, -0.2) is 34.6 Å². The van der Waals surface area contributed by atoms with Gasteiger partial charge in [0.1, 0.15) is 0 Å². The van der Waals surface area contributed by atoms with Gasteiger partial charge in [-0.05, 0) is 69.6 Å². The molecule has 5 heteroatoms. The first-order chi connectivity index (χ1) is 10.5. The molecular weight excluding hydrogens is 276 g/mol. The van der Waals surface area contributed by atoms with Crippen LogP contribution in [0.2, 0.25) is 0 Å². The molecule has 1 aromatic carbocycles. The number of aromatic amines is 1. The van der Waals surface area contributed by atoms with E-state index < -0.39 is 0 Å². The van der Waals surface area contributed by atoms with Gasteiger partial charge in [0.15, 0.2) is 5.69 Å². The molecular formula is C17H22N4O. The van der Waals surface area contributed by atoms with Crippen LogP contribution in [0.25, 0.3) is 0 Å². The summed E-state index contributed by atoms with van der Waals surface area (Å²) in [6.07, 6.45) is 2.29. The largest absolute Gasteiger partial charge is 0.321 e. The van der Waals surface area contributed by atoms with Crippen molar-refractivity contribution in [3.8, 4) is 0 Å². The fourth-order valence-electron chi connectivity index (χ4n) is 3.17. The van der Waals surface area contributed by atoms with Gasteiger partial charge in [-0.15, -0.1) is 0 Å².